The lowest BCUT2D eigenvalue weighted by Gasteiger charge is -2.24. The van der Waals surface area contributed by atoms with E-state index in [1.807, 2.05) is 47.9 Å². The van der Waals surface area contributed by atoms with Gasteiger partial charge in [0.15, 0.2) is 5.13 Å². The molecule has 36 heavy (non-hydrogen) atoms. The quantitative estimate of drug-likeness (QED) is 0.262. The van der Waals surface area contributed by atoms with Crippen molar-refractivity contribution in [1.29, 1.82) is 0 Å². The Labute approximate surface area is 216 Å². The molecule has 0 saturated heterocycles. The number of carbonyl (C=O) groups is 3. The summed E-state index contributed by atoms with van der Waals surface area (Å²) in [4.78, 5) is 41.8. The summed E-state index contributed by atoms with van der Waals surface area (Å²) in [6, 6.07) is 14.7. The number of allylic oxidation sites excluding steroid dienone is 2. The number of hydrogen-bond acceptors (Lipinski definition) is 7. The zero-order valence-corrected chi connectivity index (χ0v) is 21.1. The molecule has 4 rings (SSSR count). The molecule has 186 valence electrons. The van der Waals surface area contributed by atoms with Crippen molar-refractivity contribution in [1.82, 2.24) is 4.98 Å². The first-order valence-corrected chi connectivity index (χ1v) is 13.1. The molecule has 1 aliphatic rings. The predicted molar refractivity (Wildman–Crippen MR) is 142 cm³/mol. The standard InChI is InChI=1S/C26H25N3O5S2/c1-34-18-10-6-16(7-11-18)22-14-36-26(28-22)29-23(30)15-35-19-12-8-17(9-13-19)27-24(31)20-4-2-3-5-21(20)25(32)33/h2-3,6-14,20-21H,4-5,15H2,1H3,(H,27,31)(H,32,33)(H,28,29,30). The summed E-state index contributed by atoms with van der Waals surface area (Å²) in [6.07, 6.45) is 4.42. The molecule has 0 saturated carbocycles. The lowest BCUT2D eigenvalue weighted by molar-refractivity contribution is -0.146. The molecule has 2 aromatic carbocycles. The number of benzene rings is 2. The number of carbonyl (C=O) groups excluding carboxylic acids is 2. The van der Waals surface area contributed by atoms with Gasteiger partial charge in [0.05, 0.1) is 30.4 Å². The molecule has 0 fully saturated rings. The van der Waals surface area contributed by atoms with E-state index in [4.69, 9.17) is 4.74 Å². The zero-order chi connectivity index (χ0) is 25.5. The zero-order valence-electron chi connectivity index (χ0n) is 19.5. The third kappa shape index (κ3) is 6.52. The first-order valence-electron chi connectivity index (χ1n) is 11.2. The highest BCUT2D eigenvalue weighted by Crippen LogP contribution is 2.29. The van der Waals surface area contributed by atoms with Gasteiger partial charge in [-0.05, 0) is 61.4 Å². The van der Waals surface area contributed by atoms with Crippen LogP contribution in [0.1, 0.15) is 12.8 Å². The Kier molecular flexibility index (Phi) is 8.40. The van der Waals surface area contributed by atoms with E-state index in [9.17, 15) is 19.5 Å². The molecule has 2 unspecified atom stereocenters. The van der Waals surface area contributed by atoms with Crippen LogP contribution in [0.25, 0.3) is 11.3 Å². The van der Waals surface area contributed by atoms with Gasteiger partial charge >= 0.3 is 5.97 Å². The molecule has 8 nitrogen and oxygen atoms in total. The number of anilines is 2. The van der Waals surface area contributed by atoms with Crippen molar-refractivity contribution in [2.24, 2.45) is 11.8 Å². The van der Waals surface area contributed by atoms with E-state index in [1.165, 1.54) is 23.1 Å². The van der Waals surface area contributed by atoms with Crippen LogP contribution in [0, 0.1) is 11.8 Å². The Morgan fingerprint density at radius 1 is 1.03 bits per heavy atom. The van der Waals surface area contributed by atoms with E-state index in [2.05, 4.69) is 15.6 Å². The number of aliphatic carboxylic acids is 1. The highest BCUT2D eigenvalue weighted by atomic mass is 32.2. The molecule has 3 aromatic rings. The fourth-order valence-corrected chi connectivity index (χ4v) is 5.21. The van der Waals surface area contributed by atoms with Crippen LogP contribution in [0.15, 0.2) is 71.0 Å². The normalized spacial score (nSPS) is 16.8. The molecule has 0 bridgehead atoms. The van der Waals surface area contributed by atoms with Crippen LogP contribution in [-0.2, 0) is 14.4 Å². The highest BCUT2D eigenvalue weighted by molar-refractivity contribution is 8.00. The monoisotopic (exact) mass is 523 g/mol. The van der Waals surface area contributed by atoms with E-state index in [1.54, 1.807) is 25.3 Å². The molecule has 1 aromatic heterocycles. The van der Waals surface area contributed by atoms with E-state index in [0.29, 0.717) is 23.7 Å². The maximum atomic E-state index is 12.6. The molecule has 0 aliphatic heterocycles. The maximum absolute atomic E-state index is 12.6. The Morgan fingerprint density at radius 3 is 2.39 bits per heavy atom. The Bertz CT molecular complexity index is 1260. The Balaban J connectivity index is 1.26. The van der Waals surface area contributed by atoms with Crippen LogP contribution in [0.4, 0.5) is 10.8 Å². The van der Waals surface area contributed by atoms with Crippen molar-refractivity contribution in [2.75, 3.05) is 23.5 Å². The number of nitrogens with zero attached hydrogens (tertiary/aromatic N) is 1. The van der Waals surface area contributed by atoms with E-state index in [-0.39, 0.29) is 17.6 Å². The van der Waals surface area contributed by atoms with Gasteiger partial charge in [0.2, 0.25) is 11.8 Å². The summed E-state index contributed by atoms with van der Waals surface area (Å²) < 4.78 is 5.17. The molecule has 1 aliphatic carbocycles. The molecule has 10 heteroatoms. The number of aromatic nitrogens is 1. The van der Waals surface area contributed by atoms with Crippen molar-refractivity contribution < 1.29 is 24.2 Å². The summed E-state index contributed by atoms with van der Waals surface area (Å²) in [5, 5.41) is 17.4. The van der Waals surface area contributed by atoms with Crippen LogP contribution in [0.5, 0.6) is 5.75 Å². The molecular weight excluding hydrogens is 498 g/mol. The van der Waals surface area contributed by atoms with E-state index in [0.717, 1.165) is 21.9 Å². The maximum Gasteiger partial charge on any atom is 0.307 e. The summed E-state index contributed by atoms with van der Waals surface area (Å²) in [7, 11) is 1.61. The van der Waals surface area contributed by atoms with Gasteiger partial charge in [0.25, 0.3) is 0 Å². The van der Waals surface area contributed by atoms with E-state index >= 15 is 0 Å². The second kappa shape index (κ2) is 11.9. The second-order valence-corrected chi connectivity index (χ2v) is 10.0. The van der Waals surface area contributed by atoms with Crippen LogP contribution in [-0.4, -0.2) is 40.7 Å². The van der Waals surface area contributed by atoms with Gasteiger partial charge in [0.1, 0.15) is 5.75 Å². The average molecular weight is 524 g/mol. The van der Waals surface area contributed by atoms with Crippen molar-refractivity contribution >= 4 is 51.7 Å². The number of rotatable bonds is 9. The summed E-state index contributed by atoms with van der Waals surface area (Å²) in [6.45, 7) is 0. The van der Waals surface area contributed by atoms with E-state index < -0.39 is 17.8 Å². The number of methoxy groups -OCH3 is 1. The number of thiazole rings is 1. The minimum atomic E-state index is -0.959. The summed E-state index contributed by atoms with van der Waals surface area (Å²) >= 11 is 2.73. The van der Waals surface area contributed by atoms with Gasteiger partial charge in [-0.25, -0.2) is 4.98 Å². The Morgan fingerprint density at radius 2 is 1.72 bits per heavy atom. The van der Waals surface area contributed by atoms with Gasteiger partial charge in [-0.2, -0.15) is 0 Å². The minimum Gasteiger partial charge on any atom is -0.497 e. The largest absolute Gasteiger partial charge is 0.497 e. The third-order valence-electron chi connectivity index (χ3n) is 5.71. The Hall–Kier alpha value is -3.63. The SMILES string of the molecule is COc1ccc(-c2csc(NC(=O)CSc3ccc(NC(=O)C4CC=CCC4C(=O)O)cc3)n2)cc1. The molecule has 0 radical (unpaired) electrons. The number of carboxylic acids is 1. The topological polar surface area (TPSA) is 118 Å². The van der Waals surface area contributed by atoms with Crippen LogP contribution in [0.2, 0.25) is 0 Å². The first-order chi connectivity index (χ1) is 17.4. The van der Waals surface area contributed by atoms with Crippen LogP contribution >= 0.6 is 23.1 Å². The van der Waals surface area contributed by atoms with Crippen LogP contribution < -0.4 is 15.4 Å². The van der Waals surface area contributed by atoms with Crippen LogP contribution in [0.3, 0.4) is 0 Å². The number of hydrogen-bond donors (Lipinski definition) is 3. The lowest BCUT2D eigenvalue weighted by atomic mass is 9.82. The highest BCUT2D eigenvalue weighted by Gasteiger charge is 2.33. The first kappa shape index (κ1) is 25.5. The fraction of sp³-hybridized carbons (Fsp3) is 0.231. The smallest absolute Gasteiger partial charge is 0.307 e. The number of carboxylic acid groups (broad SMARTS) is 1. The number of thioether (sulfide) groups is 1. The van der Waals surface area contributed by atoms with Gasteiger partial charge in [-0.1, -0.05) is 12.2 Å². The van der Waals surface area contributed by atoms with Crippen molar-refractivity contribution in [3.63, 3.8) is 0 Å². The van der Waals surface area contributed by atoms with Crippen molar-refractivity contribution in [3.05, 3.63) is 66.1 Å². The number of ether oxygens (including phenoxy) is 1. The van der Waals surface area contributed by atoms with Gasteiger partial charge in [-0.15, -0.1) is 23.1 Å². The van der Waals surface area contributed by atoms with Crippen molar-refractivity contribution in [3.8, 4) is 17.0 Å². The molecule has 2 amide bonds. The minimum absolute atomic E-state index is 0.168. The number of amides is 2. The fourth-order valence-electron chi connectivity index (χ4n) is 3.78. The third-order valence-corrected chi connectivity index (χ3v) is 7.48. The number of nitrogens with one attached hydrogen (secondary N) is 2. The predicted octanol–water partition coefficient (Wildman–Crippen LogP) is 5.16. The van der Waals surface area contributed by atoms with Gasteiger partial charge < -0.3 is 20.5 Å². The molecule has 1 heterocycles. The molecule has 3 N–H and O–H groups in total. The van der Waals surface area contributed by atoms with Crippen molar-refractivity contribution in [2.45, 2.75) is 17.7 Å². The molecule has 2 atom stereocenters. The van der Waals surface area contributed by atoms with Gasteiger partial charge in [0, 0.05) is 21.5 Å². The molecular formula is C26H25N3O5S2. The second-order valence-electron chi connectivity index (χ2n) is 8.11. The summed E-state index contributed by atoms with van der Waals surface area (Å²) in [5.41, 5.74) is 2.30. The lowest BCUT2D eigenvalue weighted by Crippen LogP contribution is -2.34. The summed E-state index contributed by atoms with van der Waals surface area (Å²) in [5.74, 6) is -1.77. The van der Waals surface area contributed by atoms with Gasteiger partial charge in [-0.3, -0.25) is 14.4 Å². The molecule has 0 spiro atoms. The average Bonchev–Trinajstić information content (AvgIpc) is 3.36.